The van der Waals surface area contributed by atoms with Crippen molar-refractivity contribution in [2.75, 3.05) is 41.0 Å². The SMILES string of the molecule is CCCCCCC/C=C\C/C=C\CCCCCCCCCCCCCC(=O)OC(COCCC(C(=O)[O-])[N+](C)(C)C)COC(=O)CCCCCCC/C=C\CCCCCCCC. The fourth-order valence-corrected chi connectivity index (χ4v) is 7.69. The van der Waals surface area contributed by atoms with Crippen molar-refractivity contribution in [2.45, 2.75) is 251 Å². The van der Waals surface area contributed by atoms with Gasteiger partial charge >= 0.3 is 11.9 Å². The topological polar surface area (TPSA) is 102 Å². The number of hydrogen-bond acceptors (Lipinski definition) is 7. The van der Waals surface area contributed by atoms with E-state index in [1.165, 1.54) is 148 Å². The van der Waals surface area contributed by atoms with Crippen LogP contribution in [0.3, 0.4) is 0 Å². The molecule has 2 atom stereocenters. The molecule has 0 spiro atoms. The van der Waals surface area contributed by atoms with E-state index in [0.717, 1.165) is 57.8 Å². The Labute approximate surface area is 383 Å². The average molecular weight is 874 g/mol. The molecule has 8 nitrogen and oxygen atoms in total. The highest BCUT2D eigenvalue weighted by molar-refractivity contribution is 5.70. The first-order chi connectivity index (χ1) is 30.1. The zero-order chi connectivity index (χ0) is 45.6. The second-order valence-corrected chi connectivity index (χ2v) is 18.8. The monoisotopic (exact) mass is 874 g/mol. The fourth-order valence-electron chi connectivity index (χ4n) is 7.69. The Balaban J connectivity index is 4.21. The molecule has 0 bridgehead atoms. The van der Waals surface area contributed by atoms with E-state index in [2.05, 4.69) is 50.3 Å². The molecule has 0 aliphatic rings. The predicted molar refractivity (Wildman–Crippen MR) is 259 cm³/mol. The highest BCUT2D eigenvalue weighted by atomic mass is 16.6. The van der Waals surface area contributed by atoms with Crippen LogP contribution in [0.5, 0.6) is 0 Å². The molecule has 0 saturated carbocycles. The molecule has 0 radical (unpaired) electrons. The van der Waals surface area contributed by atoms with Gasteiger partial charge in [0, 0.05) is 19.3 Å². The zero-order valence-corrected chi connectivity index (χ0v) is 41.3. The van der Waals surface area contributed by atoms with Crippen LogP contribution in [-0.2, 0) is 28.6 Å². The molecule has 0 N–H and O–H groups in total. The Kier molecular flexibility index (Phi) is 43.3. The maximum atomic E-state index is 12.8. The molecule has 0 aliphatic carbocycles. The number of quaternary nitrogens is 1. The summed E-state index contributed by atoms with van der Waals surface area (Å²) in [6.07, 6.45) is 53.1. The van der Waals surface area contributed by atoms with Crippen LogP contribution in [0.4, 0.5) is 0 Å². The number of hydrogen-bond donors (Lipinski definition) is 0. The van der Waals surface area contributed by atoms with Gasteiger partial charge in [0.15, 0.2) is 6.10 Å². The Morgan fingerprint density at radius 1 is 0.484 bits per heavy atom. The Morgan fingerprint density at radius 2 is 0.855 bits per heavy atom. The molecule has 2 unspecified atom stereocenters. The molecule has 8 heteroatoms. The van der Waals surface area contributed by atoms with Crippen molar-refractivity contribution in [2.24, 2.45) is 0 Å². The molecule has 0 aliphatic heterocycles. The van der Waals surface area contributed by atoms with Gasteiger partial charge in [-0.3, -0.25) is 9.59 Å². The number of allylic oxidation sites excluding steroid dienone is 6. The molecular weight excluding hydrogens is 775 g/mol. The number of aliphatic carboxylic acids is 1. The molecule has 62 heavy (non-hydrogen) atoms. The van der Waals surface area contributed by atoms with Crippen LogP contribution in [-0.4, -0.2) is 75.5 Å². The zero-order valence-electron chi connectivity index (χ0n) is 41.3. The van der Waals surface area contributed by atoms with Gasteiger partial charge in [0.25, 0.3) is 0 Å². The van der Waals surface area contributed by atoms with E-state index < -0.39 is 18.1 Å². The normalized spacial score (nSPS) is 13.1. The van der Waals surface area contributed by atoms with Gasteiger partial charge in [-0.1, -0.05) is 185 Å². The lowest BCUT2D eigenvalue weighted by Gasteiger charge is -2.34. The van der Waals surface area contributed by atoms with Gasteiger partial charge in [0.1, 0.15) is 12.6 Å². The third kappa shape index (κ3) is 42.8. The van der Waals surface area contributed by atoms with Crippen LogP contribution in [0.1, 0.15) is 239 Å². The second kappa shape index (κ2) is 45.1. The number of nitrogens with zero attached hydrogens (tertiary/aromatic N) is 1. The summed E-state index contributed by atoms with van der Waals surface area (Å²) in [7, 11) is 5.42. The van der Waals surface area contributed by atoms with Gasteiger partial charge in [-0.2, -0.15) is 0 Å². The number of carbonyl (C=O) groups excluding carboxylic acids is 3. The first kappa shape index (κ1) is 59.5. The van der Waals surface area contributed by atoms with Gasteiger partial charge < -0.3 is 28.6 Å². The summed E-state index contributed by atoms with van der Waals surface area (Å²) in [5.74, 6) is -1.74. The Morgan fingerprint density at radius 3 is 1.26 bits per heavy atom. The Hall–Kier alpha value is -2.45. The number of carbonyl (C=O) groups is 3. The molecular formula is C54H99NO7. The van der Waals surface area contributed by atoms with Crippen LogP contribution < -0.4 is 5.11 Å². The first-order valence-electron chi connectivity index (χ1n) is 26.0. The van der Waals surface area contributed by atoms with Gasteiger partial charge in [-0.25, -0.2) is 0 Å². The van der Waals surface area contributed by atoms with Crippen LogP contribution >= 0.6 is 0 Å². The number of unbranched alkanes of at least 4 members (excludes halogenated alkanes) is 27. The lowest BCUT2D eigenvalue weighted by Crippen LogP contribution is -2.55. The van der Waals surface area contributed by atoms with Crippen molar-refractivity contribution >= 4 is 17.9 Å². The van der Waals surface area contributed by atoms with Crippen LogP contribution in [0.25, 0.3) is 0 Å². The maximum absolute atomic E-state index is 12.8. The summed E-state index contributed by atoms with van der Waals surface area (Å²) in [5, 5.41) is 11.7. The predicted octanol–water partition coefficient (Wildman–Crippen LogP) is 13.6. The Bertz CT molecular complexity index is 1110. The van der Waals surface area contributed by atoms with E-state index in [9.17, 15) is 19.5 Å². The van der Waals surface area contributed by atoms with Crippen LogP contribution in [0.2, 0.25) is 0 Å². The van der Waals surface area contributed by atoms with Crippen LogP contribution in [0.15, 0.2) is 36.5 Å². The quantitative estimate of drug-likeness (QED) is 0.0260. The van der Waals surface area contributed by atoms with Gasteiger partial charge in [0.05, 0.1) is 40.3 Å². The maximum Gasteiger partial charge on any atom is 0.306 e. The highest BCUT2D eigenvalue weighted by Gasteiger charge is 2.25. The van der Waals surface area contributed by atoms with E-state index in [-0.39, 0.29) is 42.7 Å². The molecule has 0 fully saturated rings. The lowest BCUT2D eigenvalue weighted by atomic mass is 10.0. The summed E-state index contributed by atoms with van der Waals surface area (Å²) in [6, 6.07) is -0.727. The fraction of sp³-hybridized carbons (Fsp3) is 0.833. The molecule has 0 aromatic rings. The summed E-state index contributed by atoms with van der Waals surface area (Å²) >= 11 is 0. The van der Waals surface area contributed by atoms with Crippen molar-refractivity contribution in [3.63, 3.8) is 0 Å². The van der Waals surface area contributed by atoms with E-state index in [4.69, 9.17) is 14.2 Å². The number of carboxylic acids is 1. The van der Waals surface area contributed by atoms with Crippen molar-refractivity contribution in [3.05, 3.63) is 36.5 Å². The second-order valence-electron chi connectivity index (χ2n) is 18.8. The summed E-state index contributed by atoms with van der Waals surface area (Å²) in [6.45, 7) is 4.66. The molecule has 362 valence electrons. The van der Waals surface area contributed by atoms with E-state index in [1.807, 2.05) is 0 Å². The third-order valence-electron chi connectivity index (χ3n) is 11.7. The van der Waals surface area contributed by atoms with E-state index >= 15 is 0 Å². The van der Waals surface area contributed by atoms with Gasteiger partial charge in [-0.15, -0.1) is 0 Å². The molecule has 0 aromatic heterocycles. The summed E-state index contributed by atoms with van der Waals surface area (Å²) < 4.78 is 17.2. The minimum absolute atomic E-state index is 0.0393. The minimum atomic E-state index is -1.12. The van der Waals surface area contributed by atoms with Crippen molar-refractivity contribution in [1.82, 2.24) is 0 Å². The molecule has 0 rings (SSSR count). The highest BCUT2D eigenvalue weighted by Crippen LogP contribution is 2.15. The number of rotatable bonds is 47. The van der Waals surface area contributed by atoms with Gasteiger partial charge in [-0.05, 0) is 70.6 Å². The van der Waals surface area contributed by atoms with Gasteiger partial charge in [0.2, 0.25) is 0 Å². The number of esters is 2. The first-order valence-corrected chi connectivity index (χ1v) is 26.0. The van der Waals surface area contributed by atoms with E-state index in [0.29, 0.717) is 12.8 Å². The number of ether oxygens (including phenoxy) is 3. The molecule has 0 amide bonds. The van der Waals surface area contributed by atoms with E-state index in [1.54, 1.807) is 21.1 Å². The molecule has 0 aromatic carbocycles. The smallest absolute Gasteiger partial charge is 0.306 e. The largest absolute Gasteiger partial charge is 0.544 e. The number of carboxylic acid groups (broad SMARTS) is 1. The number of likely N-dealkylation sites (N-methyl/N-ethyl adjacent to an activating group) is 1. The summed E-state index contributed by atoms with van der Waals surface area (Å²) in [5.41, 5.74) is 0. The molecule has 0 saturated heterocycles. The van der Waals surface area contributed by atoms with Crippen LogP contribution in [0, 0.1) is 0 Å². The minimum Gasteiger partial charge on any atom is -0.544 e. The van der Waals surface area contributed by atoms with Crippen molar-refractivity contribution in [1.29, 1.82) is 0 Å². The molecule has 0 heterocycles. The lowest BCUT2D eigenvalue weighted by molar-refractivity contribution is -0.889. The average Bonchev–Trinajstić information content (AvgIpc) is 3.23. The summed E-state index contributed by atoms with van der Waals surface area (Å²) in [4.78, 5) is 37.0. The standard InChI is InChI=1S/C54H99NO7/c1-6-8-10-12-14-16-18-20-22-23-24-25-26-27-28-29-31-33-35-37-39-41-43-45-53(57)62-50(48-60-47-46-51(54(58)59)55(3,4)5)49-61-52(56)44-42-40-38-36-34-32-30-21-19-17-15-13-11-9-7-2/h18,20-21,23-24,30,50-51H,6-17,19,22,25-29,31-49H2,1-5H3/b20-18-,24-23-,30-21-. The van der Waals surface area contributed by atoms with Crippen molar-refractivity contribution < 1.29 is 38.2 Å². The van der Waals surface area contributed by atoms with Crippen molar-refractivity contribution in [3.8, 4) is 0 Å². The third-order valence-corrected chi connectivity index (χ3v) is 11.7.